The third kappa shape index (κ3) is 4.28. The first-order valence-electron chi connectivity index (χ1n) is 7.18. The average Bonchev–Trinajstić information content (AvgIpc) is 2.75. The van der Waals surface area contributed by atoms with E-state index in [1.165, 1.54) is 12.1 Å². The number of benzene rings is 1. The second kappa shape index (κ2) is 6.68. The summed E-state index contributed by atoms with van der Waals surface area (Å²) in [6, 6.07) is 6.66. The van der Waals surface area contributed by atoms with Crippen molar-refractivity contribution in [1.82, 2.24) is 5.32 Å². The van der Waals surface area contributed by atoms with Gasteiger partial charge in [-0.1, -0.05) is 19.1 Å². The molecule has 20 heavy (non-hydrogen) atoms. The summed E-state index contributed by atoms with van der Waals surface area (Å²) in [6.07, 6.45) is 2.39. The van der Waals surface area contributed by atoms with Gasteiger partial charge in [0.25, 0.3) is 0 Å². The Morgan fingerprint density at radius 2 is 2.25 bits per heavy atom. The lowest BCUT2D eigenvalue weighted by atomic mass is 9.93. The van der Waals surface area contributed by atoms with Crippen LogP contribution >= 0.6 is 0 Å². The molecule has 1 N–H and O–H groups in total. The van der Waals surface area contributed by atoms with E-state index in [1.54, 1.807) is 6.07 Å². The molecule has 1 saturated heterocycles. The molecule has 2 atom stereocenters. The van der Waals surface area contributed by atoms with Gasteiger partial charge < -0.3 is 5.32 Å². The summed E-state index contributed by atoms with van der Waals surface area (Å²) >= 11 is 0. The average molecular weight is 299 g/mol. The Morgan fingerprint density at radius 1 is 1.45 bits per heavy atom. The van der Waals surface area contributed by atoms with Crippen LogP contribution in [0, 0.1) is 11.7 Å². The highest BCUT2D eigenvalue weighted by Gasteiger charge is 2.33. The minimum absolute atomic E-state index is 0.106. The number of sulfone groups is 1. The van der Waals surface area contributed by atoms with Gasteiger partial charge in [-0.25, -0.2) is 12.8 Å². The lowest BCUT2D eigenvalue weighted by Crippen LogP contribution is -2.39. The van der Waals surface area contributed by atoms with Gasteiger partial charge in [0.2, 0.25) is 0 Å². The predicted molar refractivity (Wildman–Crippen MR) is 78.9 cm³/mol. The fraction of sp³-hybridized carbons (Fsp3) is 0.600. The lowest BCUT2D eigenvalue weighted by molar-refractivity contribution is 0.379. The van der Waals surface area contributed by atoms with Gasteiger partial charge in [-0.15, -0.1) is 0 Å². The first kappa shape index (κ1) is 15.4. The van der Waals surface area contributed by atoms with Gasteiger partial charge in [0.05, 0.1) is 11.5 Å². The van der Waals surface area contributed by atoms with Crippen LogP contribution in [0.2, 0.25) is 0 Å². The molecule has 0 saturated carbocycles. The first-order valence-corrected chi connectivity index (χ1v) is 9.00. The molecule has 2 rings (SSSR count). The molecule has 0 spiro atoms. The van der Waals surface area contributed by atoms with E-state index in [9.17, 15) is 12.8 Å². The van der Waals surface area contributed by atoms with Crippen molar-refractivity contribution in [2.45, 2.75) is 32.2 Å². The molecule has 0 amide bonds. The third-order valence-corrected chi connectivity index (χ3v) is 5.63. The van der Waals surface area contributed by atoms with Crippen LogP contribution in [0.25, 0.3) is 0 Å². The molecule has 1 aromatic rings. The second-order valence-corrected chi connectivity index (χ2v) is 7.79. The fourth-order valence-corrected chi connectivity index (χ4v) is 4.67. The highest BCUT2D eigenvalue weighted by molar-refractivity contribution is 7.91. The van der Waals surface area contributed by atoms with Gasteiger partial charge in [-0.05, 0) is 49.4 Å². The maximum absolute atomic E-state index is 13.3. The van der Waals surface area contributed by atoms with Crippen LogP contribution in [0.15, 0.2) is 24.3 Å². The largest absolute Gasteiger partial charge is 0.313 e. The summed E-state index contributed by atoms with van der Waals surface area (Å²) in [4.78, 5) is 0. The monoisotopic (exact) mass is 299 g/mol. The molecule has 0 radical (unpaired) electrons. The molecule has 1 aliphatic heterocycles. The van der Waals surface area contributed by atoms with E-state index >= 15 is 0 Å². The molecule has 2 unspecified atom stereocenters. The van der Waals surface area contributed by atoms with Crippen molar-refractivity contribution in [2.24, 2.45) is 5.92 Å². The fourth-order valence-electron chi connectivity index (χ4n) is 2.79. The van der Waals surface area contributed by atoms with Crippen LogP contribution in [0.5, 0.6) is 0 Å². The van der Waals surface area contributed by atoms with Crippen molar-refractivity contribution in [2.75, 3.05) is 18.1 Å². The van der Waals surface area contributed by atoms with Crippen LogP contribution in [0.1, 0.15) is 25.3 Å². The summed E-state index contributed by atoms with van der Waals surface area (Å²) in [5, 5.41) is 3.43. The normalized spacial score (nSPS) is 22.8. The zero-order valence-electron chi connectivity index (χ0n) is 11.8. The predicted octanol–water partition coefficient (Wildman–Crippen LogP) is 2.17. The summed E-state index contributed by atoms with van der Waals surface area (Å²) in [6.45, 7) is 2.94. The van der Waals surface area contributed by atoms with Crippen molar-refractivity contribution in [1.29, 1.82) is 0 Å². The van der Waals surface area contributed by atoms with Crippen molar-refractivity contribution in [3.63, 3.8) is 0 Å². The molecule has 1 aliphatic rings. The first-order chi connectivity index (χ1) is 9.50. The Kier molecular flexibility index (Phi) is 5.16. The molecular formula is C15H22FNO2S. The summed E-state index contributed by atoms with van der Waals surface area (Å²) in [5.74, 6) is 0.431. The van der Waals surface area contributed by atoms with Gasteiger partial charge >= 0.3 is 0 Å². The van der Waals surface area contributed by atoms with Gasteiger partial charge in [0.15, 0.2) is 9.84 Å². The van der Waals surface area contributed by atoms with E-state index in [4.69, 9.17) is 0 Å². The van der Waals surface area contributed by atoms with E-state index in [-0.39, 0.29) is 29.3 Å². The number of hydrogen-bond donors (Lipinski definition) is 1. The standard InChI is InChI=1S/C15H22FNO2S/c1-2-7-17-15(13-6-8-20(18,19)11-13)10-12-4-3-5-14(16)9-12/h3-5,9,13,15,17H,2,6-8,10-11H2,1H3. The number of nitrogens with one attached hydrogen (secondary N) is 1. The van der Waals surface area contributed by atoms with Crippen LogP contribution in [-0.4, -0.2) is 32.5 Å². The summed E-state index contributed by atoms with van der Waals surface area (Å²) in [5.41, 5.74) is 0.919. The van der Waals surface area contributed by atoms with E-state index in [2.05, 4.69) is 12.2 Å². The Labute approximate surface area is 120 Å². The SMILES string of the molecule is CCCNC(Cc1cccc(F)c1)C1CCS(=O)(=O)C1. The van der Waals surface area contributed by atoms with E-state index in [1.807, 2.05) is 6.07 Å². The van der Waals surface area contributed by atoms with Crippen LogP contribution in [-0.2, 0) is 16.3 Å². The van der Waals surface area contributed by atoms with E-state index < -0.39 is 9.84 Å². The van der Waals surface area contributed by atoms with Crippen LogP contribution < -0.4 is 5.32 Å². The molecule has 0 aromatic heterocycles. The van der Waals surface area contributed by atoms with E-state index in [0.717, 1.165) is 18.5 Å². The van der Waals surface area contributed by atoms with Crippen molar-refractivity contribution >= 4 is 9.84 Å². The Balaban J connectivity index is 2.07. The molecule has 5 heteroatoms. The number of hydrogen-bond acceptors (Lipinski definition) is 3. The van der Waals surface area contributed by atoms with Crippen molar-refractivity contribution < 1.29 is 12.8 Å². The van der Waals surface area contributed by atoms with Gasteiger partial charge in [0, 0.05) is 6.04 Å². The Hall–Kier alpha value is -0.940. The lowest BCUT2D eigenvalue weighted by Gasteiger charge is -2.24. The van der Waals surface area contributed by atoms with Crippen molar-refractivity contribution in [3.05, 3.63) is 35.6 Å². The van der Waals surface area contributed by atoms with Crippen LogP contribution in [0.3, 0.4) is 0 Å². The van der Waals surface area contributed by atoms with Crippen LogP contribution in [0.4, 0.5) is 4.39 Å². The van der Waals surface area contributed by atoms with Crippen molar-refractivity contribution in [3.8, 4) is 0 Å². The third-order valence-electron chi connectivity index (χ3n) is 3.84. The molecular weight excluding hydrogens is 277 g/mol. The molecule has 1 heterocycles. The molecule has 112 valence electrons. The highest BCUT2D eigenvalue weighted by atomic mass is 32.2. The smallest absolute Gasteiger partial charge is 0.150 e. The van der Waals surface area contributed by atoms with Gasteiger partial charge in [-0.3, -0.25) is 0 Å². The quantitative estimate of drug-likeness (QED) is 0.875. The zero-order chi connectivity index (χ0) is 14.6. The Bertz CT molecular complexity index is 545. The second-order valence-electron chi connectivity index (χ2n) is 5.56. The topological polar surface area (TPSA) is 46.2 Å². The molecule has 0 bridgehead atoms. The molecule has 1 aromatic carbocycles. The Morgan fingerprint density at radius 3 is 2.85 bits per heavy atom. The van der Waals surface area contributed by atoms with Gasteiger partial charge in [0.1, 0.15) is 5.82 Å². The highest BCUT2D eigenvalue weighted by Crippen LogP contribution is 2.24. The summed E-state index contributed by atoms with van der Waals surface area (Å²) < 4.78 is 36.5. The molecule has 1 fully saturated rings. The minimum atomic E-state index is -2.88. The van der Waals surface area contributed by atoms with E-state index in [0.29, 0.717) is 12.8 Å². The maximum atomic E-state index is 13.3. The number of halogens is 1. The summed E-state index contributed by atoms with van der Waals surface area (Å²) in [7, 11) is -2.88. The maximum Gasteiger partial charge on any atom is 0.150 e. The number of rotatable bonds is 6. The minimum Gasteiger partial charge on any atom is -0.313 e. The molecule has 0 aliphatic carbocycles. The zero-order valence-corrected chi connectivity index (χ0v) is 12.6. The molecule has 3 nitrogen and oxygen atoms in total. The van der Waals surface area contributed by atoms with Gasteiger partial charge in [-0.2, -0.15) is 0 Å².